The highest BCUT2D eigenvalue weighted by molar-refractivity contribution is 6.20. The Kier molecular flexibility index (Phi) is 4.58. The zero-order valence-corrected chi connectivity index (χ0v) is 11.4. The largest absolute Gasteiger partial charge is 0.457 e. The molecule has 1 unspecified atom stereocenters. The summed E-state index contributed by atoms with van der Waals surface area (Å²) >= 11 is 5.69. The summed E-state index contributed by atoms with van der Waals surface area (Å²) in [5.41, 5.74) is 0.661. The van der Waals surface area contributed by atoms with Gasteiger partial charge in [-0.2, -0.15) is 0 Å². The summed E-state index contributed by atoms with van der Waals surface area (Å²) in [7, 11) is 0. The summed E-state index contributed by atoms with van der Waals surface area (Å²) in [5, 5.41) is 0. The maximum absolute atomic E-state index is 11.9. The van der Waals surface area contributed by atoms with E-state index >= 15 is 0 Å². The number of carbonyl (C=O) groups is 1. The SMILES string of the molecule is CC(CCl)C(=O)c1ccc(Oc2ccccc2)cc1. The molecule has 2 nitrogen and oxygen atoms in total. The zero-order valence-electron chi connectivity index (χ0n) is 10.7. The molecular formula is C16H15ClO2. The molecule has 3 heteroatoms. The van der Waals surface area contributed by atoms with Gasteiger partial charge in [-0.3, -0.25) is 4.79 Å². The van der Waals surface area contributed by atoms with Gasteiger partial charge in [-0.25, -0.2) is 0 Å². The lowest BCUT2D eigenvalue weighted by atomic mass is 10.0. The van der Waals surface area contributed by atoms with Crippen LogP contribution >= 0.6 is 11.6 Å². The maximum atomic E-state index is 11.9. The van der Waals surface area contributed by atoms with Gasteiger partial charge in [0.2, 0.25) is 0 Å². The number of ether oxygens (including phenoxy) is 1. The Hall–Kier alpha value is -1.80. The molecule has 0 saturated carbocycles. The molecule has 0 radical (unpaired) electrons. The summed E-state index contributed by atoms with van der Waals surface area (Å²) in [6.45, 7) is 1.82. The molecule has 0 bridgehead atoms. The molecule has 19 heavy (non-hydrogen) atoms. The second-order valence-corrected chi connectivity index (χ2v) is 4.67. The number of hydrogen-bond donors (Lipinski definition) is 0. The lowest BCUT2D eigenvalue weighted by molar-refractivity contribution is 0.0941. The van der Waals surface area contributed by atoms with E-state index in [-0.39, 0.29) is 11.7 Å². The molecule has 0 fully saturated rings. The fourth-order valence-corrected chi connectivity index (χ4v) is 1.81. The Morgan fingerprint density at radius 3 is 2.21 bits per heavy atom. The van der Waals surface area contributed by atoms with Crippen LogP contribution in [0, 0.1) is 5.92 Å². The van der Waals surface area contributed by atoms with Crippen molar-refractivity contribution in [3.05, 3.63) is 60.2 Å². The molecular weight excluding hydrogens is 260 g/mol. The van der Waals surface area contributed by atoms with Crippen LogP contribution in [0.25, 0.3) is 0 Å². The van der Waals surface area contributed by atoms with E-state index in [1.165, 1.54) is 0 Å². The third-order valence-electron chi connectivity index (χ3n) is 2.80. The van der Waals surface area contributed by atoms with Crippen LogP contribution in [-0.2, 0) is 0 Å². The highest BCUT2D eigenvalue weighted by atomic mass is 35.5. The lowest BCUT2D eigenvalue weighted by Gasteiger charge is -2.08. The van der Waals surface area contributed by atoms with E-state index in [0.717, 1.165) is 5.75 Å². The summed E-state index contributed by atoms with van der Waals surface area (Å²) in [4.78, 5) is 11.9. The molecule has 0 aliphatic heterocycles. The first-order valence-electron chi connectivity index (χ1n) is 6.14. The van der Waals surface area contributed by atoms with Crippen molar-refractivity contribution in [3.63, 3.8) is 0 Å². The van der Waals surface area contributed by atoms with Gasteiger partial charge in [-0.05, 0) is 36.4 Å². The van der Waals surface area contributed by atoms with Crippen molar-refractivity contribution in [3.8, 4) is 11.5 Å². The molecule has 2 rings (SSSR count). The molecule has 0 saturated heterocycles. The predicted octanol–water partition coefficient (Wildman–Crippen LogP) is 4.54. The highest BCUT2D eigenvalue weighted by Gasteiger charge is 2.13. The van der Waals surface area contributed by atoms with Crippen molar-refractivity contribution >= 4 is 17.4 Å². The molecule has 0 aliphatic rings. The fourth-order valence-electron chi connectivity index (χ4n) is 1.67. The molecule has 0 N–H and O–H groups in total. The number of rotatable bonds is 5. The van der Waals surface area contributed by atoms with E-state index in [9.17, 15) is 4.79 Å². The van der Waals surface area contributed by atoms with Crippen LogP contribution in [0.5, 0.6) is 11.5 Å². The molecule has 1 atom stereocenters. The second-order valence-electron chi connectivity index (χ2n) is 4.36. The second kappa shape index (κ2) is 6.39. The van der Waals surface area contributed by atoms with E-state index < -0.39 is 0 Å². The number of para-hydroxylation sites is 1. The van der Waals surface area contributed by atoms with Crippen molar-refractivity contribution in [2.45, 2.75) is 6.92 Å². The monoisotopic (exact) mass is 274 g/mol. The minimum atomic E-state index is -0.164. The van der Waals surface area contributed by atoms with Crippen LogP contribution in [-0.4, -0.2) is 11.7 Å². The Morgan fingerprint density at radius 1 is 1.05 bits per heavy atom. The van der Waals surface area contributed by atoms with Gasteiger partial charge < -0.3 is 4.74 Å². The zero-order chi connectivity index (χ0) is 13.7. The standard InChI is InChI=1S/C16H15ClO2/c1-12(11-17)16(18)13-7-9-15(10-8-13)19-14-5-3-2-4-6-14/h2-10,12H,11H2,1H3. The Balaban J connectivity index is 2.09. The molecule has 0 aromatic heterocycles. The molecule has 0 heterocycles. The van der Waals surface area contributed by atoms with Gasteiger partial charge >= 0.3 is 0 Å². The Labute approximate surface area is 118 Å². The summed E-state index contributed by atoms with van der Waals surface area (Å²) in [5.74, 6) is 1.71. The third-order valence-corrected chi connectivity index (χ3v) is 3.26. The van der Waals surface area contributed by atoms with Gasteiger partial charge in [0.05, 0.1) is 0 Å². The molecule has 0 aliphatic carbocycles. The number of Topliss-reactive ketones (excluding diaryl/α,β-unsaturated/α-hetero) is 1. The van der Waals surface area contributed by atoms with E-state index in [1.807, 2.05) is 37.3 Å². The van der Waals surface area contributed by atoms with Gasteiger partial charge in [-0.15, -0.1) is 11.6 Å². The Bertz CT molecular complexity index is 534. The number of hydrogen-bond acceptors (Lipinski definition) is 2. The summed E-state index contributed by atoms with van der Waals surface area (Å²) in [6.07, 6.45) is 0. The smallest absolute Gasteiger partial charge is 0.166 e. The van der Waals surface area contributed by atoms with Crippen LogP contribution < -0.4 is 4.74 Å². The van der Waals surface area contributed by atoms with Crippen LogP contribution in [0.3, 0.4) is 0 Å². The number of carbonyl (C=O) groups excluding carboxylic acids is 1. The van der Waals surface area contributed by atoms with Crippen LogP contribution in [0.1, 0.15) is 17.3 Å². The van der Waals surface area contributed by atoms with Crippen molar-refractivity contribution < 1.29 is 9.53 Å². The first-order valence-corrected chi connectivity index (χ1v) is 6.67. The molecule has 0 amide bonds. The van der Waals surface area contributed by atoms with Crippen LogP contribution in [0.4, 0.5) is 0 Å². The fraction of sp³-hybridized carbons (Fsp3) is 0.188. The Morgan fingerprint density at radius 2 is 1.63 bits per heavy atom. The van der Waals surface area contributed by atoms with E-state index in [4.69, 9.17) is 16.3 Å². The first-order chi connectivity index (χ1) is 9.20. The quantitative estimate of drug-likeness (QED) is 0.591. The van der Waals surface area contributed by atoms with Crippen LogP contribution in [0.2, 0.25) is 0 Å². The van der Waals surface area contributed by atoms with E-state index in [2.05, 4.69) is 0 Å². The maximum Gasteiger partial charge on any atom is 0.166 e. The number of halogens is 1. The van der Waals surface area contributed by atoms with Gasteiger partial charge in [0.25, 0.3) is 0 Å². The average Bonchev–Trinajstić information content (AvgIpc) is 2.47. The average molecular weight is 275 g/mol. The first kappa shape index (κ1) is 13.6. The molecule has 0 spiro atoms. The van der Waals surface area contributed by atoms with Gasteiger partial charge in [0.1, 0.15) is 11.5 Å². The summed E-state index contributed by atoms with van der Waals surface area (Å²) < 4.78 is 5.66. The molecule has 98 valence electrons. The minimum Gasteiger partial charge on any atom is -0.457 e. The third kappa shape index (κ3) is 3.58. The lowest BCUT2D eigenvalue weighted by Crippen LogP contribution is -2.12. The highest BCUT2D eigenvalue weighted by Crippen LogP contribution is 2.22. The van der Waals surface area contributed by atoms with Crippen molar-refractivity contribution in [2.75, 3.05) is 5.88 Å². The molecule has 2 aromatic carbocycles. The number of benzene rings is 2. The minimum absolute atomic E-state index is 0.0567. The summed E-state index contributed by atoms with van der Waals surface area (Å²) in [6, 6.07) is 16.6. The van der Waals surface area contributed by atoms with E-state index in [1.54, 1.807) is 24.3 Å². The van der Waals surface area contributed by atoms with Gasteiger partial charge in [0.15, 0.2) is 5.78 Å². The van der Waals surface area contributed by atoms with Crippen molar-refractivity contribution in [2.24, 2.45) is 5.92 Å². The number of ketones is 1. The topological polar surface area (TPSA) is 26.3 Å². The van der Waals surface area contributed by atoms with Crippen LogP contribution in [0.15, 0.2) is 54.6 Å². The number of alkyl halides is 1. The van der Waals surface area contributed by atoms with Gasteiger partial charge in [-0.1, -0.05) is 25.1 Å². The van der Waals surface area contributed by atoms with Gasteiger partial charge in [0, 0.05) is 17.4 Å². The van der Waals surface area contributed by atoms with E-state index in [0.29, 0.717) is 17.2 Å². The van der Waals surface area contributed by atoms with Crippen molar-refractivity contribution in [1.82, 2.24) is 0 Å². The van der Waals surface area contributed by atoms with Crippen molar-refractivity contribution in [1.29, 1.82) is 0 Å². The normalized spacial score (nSPS) is 11.9. The molecule has 2 aromatic rings. The predicted molar refractivity (Wildman–Crippen MR) is 77.2 cm³/mol.